The summed E-state index contributed by atoms with van der Waals surface area (Å²) in [7, 11) is 0. The molecule has 2 aromatic carbocycles. The van der Waals surface area contributed by atoms with E-state index in [1.807, 2.05) is 0 Å². The van der Waals surface area contributed by atoms with E-state index in [0.29, 0.717) is 0 Å². The maximum atomic E-state index is 3.49. The van der Waals surface area contributed by atoms with Crippen LogP contribution in [0.15, 0.2) is 24.3 Å². The van der Waals surface area contributed by atoms with E-state index in [1.54, 1.807) is 0 Å². The topological polar surface area (TPSA) is 0 Å². The second-order valence-corrected chi connectivity index (χ2v) is 5.16. The Bertz CT molecular complexity index is 554. The monoisotopic (exact) mass is 237 g/mol. The Morgan fingerprint density at radius 2 is 1.56 bits per heavy atom. The minimum absolute atomic E-state index is 1.03. The van der Waals surface area contributed by atoms with Crippen molar-refractivity contribution in [2.75, 3.05) is 0 Å². The van der Waals surface area contributed by atoms with Crippen LogP contribution in [0.5, 0.6) is 0 Å². The van der Waals surface area contributed by atoms with E-state index in [2.05, 4.69) is 65.0 Å². The molecule has 0 aromatic heterocycles. The normalized spacial score (nSPS) is 10.7. The first-order chi connectivity index (χ1) is 8.52. The number of hydrogen-bond donors (Lipinski definition) is 0. The zero-order valence-corrected chi connectivity index (χ0v) is 12.0. The first-order valence-electron chi connectivity index (χ1n) is 6.63. The highest BCUT2D eigenvalue weighted by molar-refractivity contribution is 5.74. The van der Waals surface area contributed by atoms with Gasteiger partial charge in [-0.05, 0) is 73.6 Å². The standard InChI is InChI=1S/C18H21/c1-6-16-11-12(2)7-8-17(16)18-14(4)9-13(3)10-15(18)5/h7-10H,6H2,1-5H3. The maximum Gasteiger partial charge on any atom is -0.0111 e. The van der Waals surface area contributed by atoms with Gasteiger partial charge in [0.15, 0.2) is 0 Å². The number of hydrogen-bond acceptors (Lipinski definition) is 0. The fourth-order valence-electron chi connectivity index (χ4n) is 2.77. The molecule has 0 aliphatic carbocycles. The van der Waals surface area contributed by atoms with Gasteiger partial charge in [-0.1, -0.05) is 36.8 Å². The zero-order valence-electron chi connectivity index (χ0n) is 12.0. The molecule has 0 aliphatic heterocycles. The predicted octanol–water partition coefficient (Wildman–Crippen LogP) is 4.95. The summed E-state index contributed by atoms with van der Waals surface area (Å²) in [5.74, 6) is 0. The molecule has 0 atom stereocenters. The third-order valence-electron chi connectivity index (χ3n) is 3.47. The molecule has 0 saturated carbocycles. The number of benzene rings is 2. The fraction of sp³-hybridized carbons (Fsp3) is 0.333. The summed E-state index contributed by atoms with van der Waals surface area (Å²) >= 11 is 0. The molecule has 0 spiro atoms. The summed E-state index contributed by atoms with van der Waals surface area (Å²) < 4.78 is 0. The second kappa shape index (κ2) is 4.97. The van der Waals surface area contributed by atoms with Crippen molar-refractivity contribution in [1.82, 2.24) is 0 Å². The van der Waals surface area contributed by atoms with E-state index >= 15 is 0 Å². The molecule has 0 bridgehead atoms. The average Bonchev–Trinajstić information content (AvgIpc) is 2.29. The van der Waals surface area contributed by atoms with Gasteiger partial charge in [0.2, 0.25) is 0 Å². The van der Waals surface area contributed by atoms with Crippen LogP contribution in [-0.2, 0) is 6.42 Å². The van der Waals surface area contributed by atoms with Crippen LogP contribution in [0.25, 0.3) is 11.1 Å². The van der Waals surface area contributed by atoms with E-state index in [-0.39, 0.29) is 0 Å². The van der Waals surface area contributed by atoms with Gasteiger partial charge in [-0.3, -0.25) is 0 Å². The molecule has 0 heterocycles. The van der Waals surface area contributed by atoms with Crippen molar-refractivity contribution in [3.05, 3.63) is 58.1 Å². The largest absolute Gasteiger partial charge is 0.0612 e. The van der Waals surface area contributed by atoms with Crippen molar-refractivity contribution in [2.24, 2.45) is 0 Å². The average molecular weight is 237 g/mol. The molecule has 93 valence electrons. The van der Waals surface area contributed by atoms with Gasteiger partial charge in [-0.25, -0.2) is 0 Å². The molecule has 0 nitrogen and oxygen atoms in total. The Labute approximate surface area is 111 Å². The molecule has 0 aliphatic rings. The molecule has 1 radical (unpaired) electrons. The summed E-state index contributed by atoms with van der Waals surface area (Å²) in [6, 6.07) is 12.4. The molecule has 2 aromatic rings. The fourth-order valence-corrected chi connectivity index (χ4v) is 2.77. The molecule has 2 rings (SSSR count). The van der Waals surface area contributed by atoms with E-state index in [4.69, 9.17) is 0 Å². The van der Waals surface area contributed by atoms with E-state index in [9.17, 15) is 0 Å². The highest BCUT2D eigenvalue weighted by atomic mass is 14.1. The lowest BCUT2D eigenvalue weighted by molar-refractivity contribution is 1.12. The Kier molecular flexibility index (Phi) is 3.56. The van der Waals surface area contributed by atoms with E-state index < -0.39 is 0 Å². The van der Waals surface area contributed by atoms with Gasteiger partial charge in [0.25, 0.3) is 0 Å². The molecule has 0 unspecified atom stereocenters. The lowest BCUT2D eigenvalue weighted by Crippen LogP contribution is -1.95. The predicted molar refractivity (Wildman–Crippen MR) is 79.0 cm³/mol. The van der Waals surface area contributed by atoms with Crippen LogP contribution in [-0.4, -0.2) is 0 Å². The number of rotatable bonds is 2. The van der Waals surface area contributed by atoms with E-state index in [1.165, 1.54) is 38.9 Å². The van der Waals surface area contributed by atoms with Crippen molar-refractivity contribution >= 4 is 0 Å². The molecule has 0 fully saturated rings. The Morgan fingerprint density at radius 1 is 0.944 bits per heavy atom. The van der Waals surface area contributed by atoms with E-state index in [0.717, 1.165) is 6.42 Å². The summed E-state index contributed by atoms with van der Waals surface area (Å²) in [4.78, 5) is 0. The Morgan fingerprint density at radius 3 is 2.11 bits per heavy atom. The molecule has 0 N–H and O–H groups in total. The van der Waals surface area contributed by atoms with Gasteiger partial charge in [-0.15, -0.1) is 0 Å². The Hall–Kier alpha value is -1.56. The maximum absolute atomic E-state index is 3.49. The number of aryl methyl sites for hydroxylation is 5. The Balaban J connectivity index is 2.69. The lowest BCUT2D eigenvalue weighted by atomic mass is 9.89. The van der Waals surface area contributed by atoms with Crippen molar-refractivity contribution < 1.29 is 0 Å². The minimum Gasteiger partial charge on any atom is -0.0612 e. The quantitative estimate of drug-likeness (QED) is 0.693. The van der Waals surface area contributed by atoms with Gasteiger partial charge < -0.3 is 0 Å². The summed E-state index contributed by atoms with van der Waals surface area (Å²) in [6.07, 6.45) is 1.03. The van der Waals surface area contributed by atoms with Gasteiger partial charge >= 0.3 is 0 Å². The summed E-state index contributed by atoms with van der Waals surface area (Å²) in [5, 5.41) is 0. The van der Waals surface area contributed by atoms with Crippen LogP contribution in [0, 0.1) is 33.8 Å². The smallest absolute Gasteiger partial charge is 0.0111 e. The molecular formula is C18H21. The highest BCUT2D eigenvalue weighted by Crippen LogP contribution is 2.31. The van der Waals surface area contributed by atoms with Crippen LogP contribution in [0.3, 0.4) is 0 Å². The van der Waals surface area contributed by atoms with Gasteiger partial charge in [-0.2, -0.15) is 0 Å². The van der Waals surface area contributed by atoms with Crippen molar-refractivity contribution in [1.29, 1.82) is 0 Å². The molecular weight excluding hydrogens is 216 g/mol. The summed E-state index contributed by atoms with van der Waals surface area (Å²) in [6.45, 7) is 10.9. The van der Waals surface area contributed by atoms with Crippen molar-refractivity contribution in [3.8, 4) is 11.1 Å². The third-order valence-corrected chi connectivity index (χ3v) is 3.47. The zero-order chi connectivity index (χ0) is 13.3. The lowest BCUT2D eigenvalue weighted by Gasteiger charge is -2.15. The van der Waals surface area contributed by atoms with Gasteiger partial charge in [0.1, 0.15) is 0 Å². The first-order valence-corrected chi connectivity index (χ1v) is 6.63. The van der Waals surface area contributed by atoms with Gasteiger partial charge in [0.05, 0.1) is 0 Å². The third kappa shape index (κ3) is 2.33. The first kappa shape index (κ1) is 12.9. The van der Waals surface area contributed by atoms with Crippen LogP contribution in [0.2, 0.25) is 0 Å². The summed E-state index contributed by atoms with van der Waals surface area (Å²) in [5.41, 5.74) is 9.33. The van der Waals surface area contributed by atoms with Crippen LogP contribution >= 0.6 is 0 Å². The minimum atomic E-state index is 1.03. The second-order valence-electron chi connectivity index (χ2n) is 5.16. The molecule has 0 heteroatoms. The molecule has 0 amide bonds. The van der Waals surface area contributed by atoms with Crippen molar-refractivity contribution in [2.45, 2.75) is 41.0 Å². The SMILES string of the molecule is CCc1[c]c(C)ccc1-c1c(C)cc(C)cc1C. The molecule has 18 heavy (non-hydrogen) atoms. The van der Waals surface area contributed by atoms with Crippen LogP contribution < -0.4 is 0 Å². The van der Waals surface area contributed by atoms with Gasteiger partial charge in [0, 0.05) is 0 Å². The van der Waals surface area contributed by atoms with Crippen molar-refractivity contribution in [3.63, 3.8) is 0 Å². The van der Waals surface area contributed by atoms with Crippen LogP contribution in [0.1, 0.15) is 34.7 Å². The highest BCUT2D eigenvalue weighted by Gasteiger charge is 2.10. The molecule has 0 saturated heterocycles. The van der Waals surface area contributed by atoms with Crippen LogP contribution in [0.4, 0.5) is 0 Å².